The van der Waals surface area contributed by atoms with Crippen LogP contribution in [0.15, 0.2) is 60.8 Å². The van der Waals surface area contributed by atoms with Crippen molar-refractivity contribution in [3.8, 4) is 23.0 Å². The Kier molecular flexibility index (Phi) is 8.99. The topological polar surface area (TPSA) is 76.3 Å². The fourth-order valence-corrected chi connectivity index (χ4v) is 5.65. The number of anilines is 1. The van der Waals surface area contributed by atoms with Crippen LogP contribution in [-0.2, 0) is 24.1 Å². The number of methoxy groups -OCH3 is 4. The molecule has 0 aliphatic carbocycles. The highest BCUT2D eigenvalue weighted by Crippen LogP contribution is 2.33. The van der Waals surface area contributed by atoms with Crippen molar-refractivity contribution in [3.05, 3.63) is 77.5 Å². The second-order valence-electron chi connectivity index (χ2n) is 10.3. The first kappa shape index (κ1) is 28.4. The first-order valence-corrected chi connectivity index (χ1v) is 14.1. The van der Waals surface area contributed by atoms with Gasteiger partial charge in [-0.1, -0.05) is 6.07 Å². The lowest BCUT2D eigenvalue weighted by atomic mass is 10.0. The van der Waals surface area contributed by atoms with Crippen molar-refractivity contribution in [1.82, 2.24) is 9.88 Å². The minimum absolute atomic E-state index is 0.0505. The van der Waals surface area contributed by atoms with Gasteiger partial charge in [0.2, 0.25) is 5.91 Å². The molecular formula is C33H39N3O5. The maximum absolute atomic E-state index is 13.8. The highest BCUT2D eigenvalue weighted by atomic mass is 16.5. The van der Waals surface area contributed by atoms with Gasteiger partial charge < -0.3 is 33.7 Å². The van der Waals surface area contributed by atoms with E-state index in [-0.39, 0.29) is 5.91 Å². The van der Waals surface area contributed by atoms with Crippen LogP contribution in [0.4, 0.5) is 5.69 Å². The summed E-state index contributed by atoms with van der Waals surface area (Å²) in [5.41, 5.74) is 5.48. The van der Waals surface area contributed by atoms with E-state index in [1.54, 1.807) is 28.4 Å². The molecule has 0 unspecified atom stereocenters. The van der Waals surface area contributed by atoms with Crippen molar-refractivity contribution in [3.63, 3.8) is 0 Å². The van der Waals surface area contributed by atoms with Crippen LogP contribution < -0.4 is 23.8 Å². The molecule has 8 heteroatoms. The summed E-state index contributed by atoms with van der Waals surface area (Å²) in [5.74, 6) is 2.85. The maximum atomic E-state index is 13.8. The molecule has 0 radical (unpaired) electrons. The van der Waals surface area contributed by atoms with Gasteiger partial charge in [0.05, 0.1) is 34.9 Å². The van der Waals surface area contributed by atoms with Gasteiger partial charge in [0.1, 0.15) is 0 Å². The molecule has 1 N–H and O–H groups in total. The lowest BCUT2D eigenvalue weighted by molar-refractivity contribution is -0.118. The number of aromatic amines is 1. The van der Waals surface area contributed by atoms with Gasteiger partial charge >= 0.3 is 0 Å². The fraction of sp³-hybridized carbons (Fsp3) is 0.364. The molecule has 1 aliphatic rings. The number of hydrogen-bond donors (Lipinski definition) is 1. The van der Waals surface area contributed by atoms with Crippen LogP contribution in [0.1, 0.15) is 23.1 Å². The van der Waals surface area contributed by atoms with E-state index >= 15 is 0 Å². The van der Waals surface area contributed by atoms with E-state index in [2.05, 4.69) is 28.1 Å². The van der Waals surface area contributed by atoms with E-state index in [1.807, 2.05) is 47.5 Å². The number of rotatable bonds is 11. The average molecular weight is 558 g/mol. The Bertz CT molecular complexity index is 1460. The normalized spacial score (nSPS) is 13.4. The van der Waals surface area contributed by atoms with E-state index in [9.17, 15) is 4.79 Å². The van der Waals surface area contributed by atoms with Crippen LogP contribution in [0, 0.1) is 0 Å². The smallest absolute Gasteiger partial charge is 0.231 e. The lowest BCUT2D eigenvalue weighted by Crippen LogP contribution is -2.36. The zero-order valence-corrected chi connectivity index (χ0v) is 24.4. The van der Waals surface area contributed by atoms with Crippen molar-refractivity contribution in [2.24, 2.45) is 0 Å². The van der Waals surface area contributed by atoms with Crippen molar-refractivity contribution >= 4 is 22.5 Å². The second-order valence-corrected chi connectivity index (χ2v) is 10.3. The molecule has 0 fully saturated rings. The van der Waals surface area contributed by atoms with Gasteiger partial charge in [-0.3, -0.25) is 4.79 Å². The Balaban J connectivity index is 1.28. The number of H-pyrrole nitrogens is 1. The summed E-state index contributed by atoms with van der Waals surface area (Å²) in [5, 5.41) is 1.10. The predicted octanol–water partition coefficient (Wildman–Crippen LogP) is 5.27. The molecule has 8 nitrogen and oxygen atoms in total. The van der Waals surface area contributed by atoms with E-state index in [4.69, 9.17) is 18.9 Å². The molecule has 0 saturated carbocycles. The molecule has 2 heterocycles. The zero-order valence-electron chi connectivity index (χ0n) is 24.4. The van der Waals surface area contributed by atoms with Crippen LogP contribution in [0.3, 0.4) is 0 Å². The molecule has 0 bridgehead atoms. The standard InChI is InChI=1S/C33H39N3O5/c1-38-29-9-7-27(22-32(29)41-4)36(33(37)19-23-6-8-28-26(18-23)10-13-34-28)15-5-14-35-16-11-24-20-30(39-2)31(40-3)21-25(24)12-17-35/h6-10,13,18,20-22,34H,5,11-12,14-17,19H2,1-4H3. The Morgan fingerprint density at radius 1 is 0.805 bits per heavy atom. The van der Waals surface area contributed by atoms with E-state index < -0.39 is 0 Å². The van der Waals surface area contributed by atoms with Gasteiger partial charge in [-0.25, -0.2) is 0 Å². The molecule has 3 aromatic carbocycles. The number of hydrogen-bond acceptors (Lipinski definition) is 6. The van der Waals surface area contributed by atoms with Gasteiger partial charge in [-0.15, -0.1) is 0 Å². The number of nitrogens with one attached hydrogen (secondary N) is 1. The molecule has 0 spiro atoms. The number of fused-ring (bicyclic) bond motifs is 2. The van der Waals surface area contributed by atoms with Crippen LogP contribution in [0.25, 0.3) is 10.9 Å². The molecule has 0 atom stereocenters. The van der Waals surface area contributed by atoms with Gasteiger partial charge in [-0.05, 0) is 90.3 Å². The number of amides is 1. The molecule has 1 aromatic heterocycles. The highest BCUT2D eigenvalue weighted by molar-refractivity contribution is 5.95. The predicted molar refractivity (Wildman–Crippen MR) is 162 cm³/mol. The third kappa shape index (κ3) is 6.43. The van der Waals surface area contributed by atoms with Crippen molar-refractivity contribution in [2.45, 2.75) is 25.7 Å². The molecule has 5 rings (SSSR count). The average Bonchev–Trinajstić information content (AvgIpc) is 3.38. The van der Waals surface area contributed by atoms with Crippen LogP contribution in [0.5, 0.6) is 23.0 Å². The minimum Gasteiger partial charge on any atom is -0.493 e. The van der Waals surface area contributed by atoms with Gasteiger partial charge in [0.15, 0.2) is 23.0 Å². The second kappa shape index (κ2) is 13.0. The lowest BCUT2D eigenvalue weighted by Gasteiger charge is -2.26. The Morgan fingerprint density at radius 3 is 2.12 bits per heavy atom. The molecule has 4 aromatic rings. The van der Waals surface area contributed by atoms with Crippen molar-refractivity contribution in [2.75, 3.05) is 59.5 Å². The summed E-state index contributed by atoms with van der Waals surface area (Å²) in [7, 11) is 6.58. The summed E-state index contributed by atoms with van der Waals surface area (Å²) in [6.45, 7) is 3.42. The largest absolute Gasteiger partial charge is 0.493 e. The summed E-state index contributed by atoms with van der Waals surface area (Å²) in [4.78, 5) is 21.3. The molecule has 216 valence electrons. The third-order valence-corrected chi connectivity index (χ3v) is 7.91. The monoisotopic (exact) mass is 557 g/mol. The van der Waals surface area contributed by atoms with Crippen molar-refractivity contribution in [1.29, 1.82) is 0 Å². The summed E-state index contributed by atoms with van der Waals surface area (Å²) < 4.78 is 22.0. The number of aromatic nitrogens is 1. The Morgan fingerprint density at radius 2 is 1.46 bits per heavy atom. The SMILES string of the molecule is COc1ccc(N(CCCN2CCc3cc(OC)c(OC)cc3CC2)C(=O)Cc2ccc3[nH]ccc3c2)cc1OC. The number of carbonyl (C=O) groups is 1. The maximum Gasteiger partial charge on any atom is 0.231 e. The number of ether oxygens (including phenoxy) is 4. The number of benzene rings is 3. The van der Waals surface area contributed by atoms with E-state index in [0.717, 1.165) is 72.5 Å². The first-order chi connectivity index (χ1) is 20.0. The molecule has 1 amide bonds. The highest BCUT2D eigenvalue weighted by Gasteiger charge is 2.21. The number of nitrogens with zero attached hydrogens (tertiary/aromatic N) is 2. The number of carbonyl (C=O) groups excluding carboxylic acids is 1. The summed E-state index contributed by atoms with van der Waals surface area (Å²) >= 11 is 0. The fourth-order valence-electron chi connectivity index (χ4n) is 5.65. The molecule has 0 saturated heterocycles. The van der Waals surface area contributed by atoms with E-state index in [1.165, 1.54) is 11.1 Å². The van der Waals surface area contributed by atoms with Crippen LogP contribution in [0.2, 0.25) is 0 Å². The molecule has 1 aliphatic heterocycles. The van der Waals surface area contributed by atoms with Gasteiger partial charge in [-0.2, -0.15) is 0 Å². The zero-order chi connectivity index (χ0) is 28.8. The van der Waals surface area contributed by atoms with Crippen molar-refractivity contribution < 1.29 is 23.7 Å². The van der Waals surface area contributed by atoms with Gasteiger partial charge in [0.25, 0.3) is 0 Å². The molecule has 41 heavy (non-hydrogen) atoms. The van der Waals surface area contributed by atoms with Crippen LogP contribution >= 0.6 is 0 Å². The minimum atomic E-state index is 0.0505. The Hall–Kier alpha value is -4.17. The van der Waals surface area contributed by atoms with Gasteiger partial charge in [0, 0.05) is 43.1 Å². The van der Waals surface area contributed by atoms with E-state index in [0.29, 0.717) is 24.5 Å². The first-order valence-electron chi connectivity index (χ1n) is 14.1. The summed E-state index contributed by atoms with van der Waals surface area (Å²) in [6, 6.07) is 18.0. The molecular weight excluding hydrogens is 518 g/mol. The third-order valence-electron chi connectivity index (χ3n) is 7.91. The Labute approximate surface area is 241 Å². The quantitative estimate of drug-likeness (QED) is 0.271. The summed E-state index contributed by atoms with van der Waals surface area (Å²) in [6.07, 6.45) is 4.99. The van der Waals surface area contributed by atoms with Crippen LogP contribution in [-0.4, -0.2) is 70.4 Å².